The Morgan fingerprint density at radius 1 is 1.33 bits per heavy atom. The minimum Gasteiger partial charge on any atom is -0.481 e. The predicted molar refractivity (Wildman–Crippen MR) is 79.2 cm³/mol. The number of rotatable bonds is 3. The third-order valence-electron chi connectivity index (χ3n) is 4.73. The Kier molecular flexibility index (Phi) is 3.57. The van der Waals surface area contributed by atoms with Gasteiger partial charge in [-0.3, -0.25) is 4.79 Å². The molecule has 3 rings (SSSR count). The lowest BCUT2D eigenvalue weighted by Gasteiger charge is -2.24. The molecule has 3 unspecified atom stereocenters. The first kappa shape index (κ1) is 13.9. The summed E-state index contributed by atoms with van der Waals surface area (Å²) >= 11 is 0. The highest BCUT2D eigenvalue weighted by Crippen LogP contribution is 2.42. The van der Waals surface area contributed by atoms with Gasteiger partial charge in [-0.2, -0.15) is 0 Å². The maximum Gasteiger partial charge on any atom is 0.322 e. The van der Waals surface area contributed by atoms with Gasteiger partial charge in [0, 0.05) is 17.8 Å². The van der Waals surface area contributed by atoms with Gasteiger partial charge in [-0.15, -0.1) is 0 Å². The number of urea groups is 1. The van der Waals surface area contributed by atoms with Gasteiger partial charge in [-0.25, -0.2) is 4.79 Å². The minimum absolute atomic E-state index is 0.0740. The van der Waals surface area contributed by atoms with E-state index < -0.39 is 11.9 Å². The topological polar surface area (TPSA) is 69.6 Å². The van der Waals surface area contributed by atoms with E-state index in [1.165, 1.54) is 0 Å². The van der Waals surface area contributed by atoms with Crippen molar-refractivity contribution in [3.63, 3.8) is 0 Å². The molecule has 5 heteroatoms. The molecule has 3 atom stereocenters. The van der Waals surface area contributed by atoms with E-state index in [1.807, 2.05) is 31.2 Å². The van der Waals surface area contributed by atoms with Gasteiger partial charge in [-0.05, 0) is 37.3 Å². The number of anilines is 1. The van der Waals surface area contributed by atoms with Crippen molar-refractivity contribution < 1.29 is 14.7 Å². The largest absolute Gasteiger partial charge is 0.481 e. The number of carbonyl (C=O) groups excluding carboxylic acids is 1. The zero-order valence-corrected chi connectivity index (χ0v) is 12.1. The van der Waals surface area contributed by atoms with E-state index in [9.17, 15) is 14.7 Å². The highest BCUT2D eigenvalue weighted by atomic mass is 16.4. The molecule has 0 radical (unpaired) electrons. The zero-order chi connectivity index (χ0) is 15.0. The second-order valence-corrected chi connectivity index (χ2v) is 5.83. The van der Waals surface area contributed by atoms with Crippen LogP contribution in [0.15, 0.2) is 24.3 Å². The highest BCUT2D eigenvalue weighted by molar-refractivity contribution is 5.91. The number of amides is 2. The highest BCUT2D eigenvalue weighted by Gasteiger charge is 2.51. The molecule has 2 amide bonds. The summed E-state index contributed by atoms with van der Waals surface area (Å²) in [6.45, 7) is 2.05. The molecule has 2 heterocycles. The van der Waals surface area contributed by atoms with E-state index in [1.54, 1.807) is 4.90 Å². The molecule has 5 nitrogen and oxygen atoms in total. The second kappa shape index (κ2) is 5.39. The van der Waals surface area contributed by atoms with Gasteiger partial charge in [0.15, 0.2) is 0 Å². The normalized spacial score (nSPS) is 26.9. The van der Waals surface area contributed by atoms with E-state index in [0.29, 0.717) is 6.42 Å². The van der Waals surface area contributed by atoms with Crippen LogP contribution in [0, 0.1) is 5.92 Å². The van der Waals surface area contributed by atoms with Crippen LogP contribution in [0.25, 0.3) is 0 Å². The summed E-state index contributed by atoms with van der Waals surface area (Å²) in [5.74, 6) is -1.19. The van der Waals surface area contributed by atoms with Gasteiger partial charge in [0.2, 0.25) is 0 Å². The first-order valence-corrected chi connectivity index (χ1v) is 7.51. The summed E-state index contributed by atoms with van der Waals surface area (Å²) in [6, 6.07) is 7.50. The zero-order valence-electron chi connectivity index (χ0n) is 12.1. The number of fused-ring (bicyclic) bond motifs is 2. The van der Waals surface area contributed by atoms with Crippen LogP contribution in [0.3, 0.4) is 0 Å². The van der Waals surface area contributed by atoms with E-state index in [4.69, 9.17) is 0 Å². The van der Waals surface area contributed by atoms with E-state index in [0.717, 1.165) is 30.5 Å². The van der Waals surface area contributed by atoms with Crippen LogP contribution < -0.4 is 5.32 Å². The summed E-state index contributed by atoms with van der Waals surface area (Å²) in [5, 5.41) is 12.2. The van der Waals surface area contributed by atoms with Crippen LogP contribution in [-0.4, -0.2) is 34.1 Å². The smallest absolute Gasteiger partial charge is 0.322 e. The molecule has 0 aromatic heterocycles. The molecule has 0 spiro atoms. The number of hydrogen-bond acceptors (Lipinski definition) is 2. The number of benzene rings is 1. The van der Waals surface area contributed by atoms with Crippen LogP contribution in [0.4, 0.5) is 10.5 Å². The minimum atomic E-state index is -0.783. The lowest BCUT2D eigenvalue weighted by molar-refractivity contribution is -0.142. The summed E-state index contributed by atoms with van der Waals surface area (Å²) in [7, 11) is 0. The SMILES string of the molecule is CCc1ccccc1NC(=O)N1C2CCC1C(C(=O)O)C2. The van der Waals surface area contributed by atoms with Crippen LogP contribution in [0.1, 0.15) is 31.7 Å². The fourth-order valence-corrected chi connectivity index (χ4v) is 3.70. The van der Waals surface area contributed by atoms with Crippen molar-refractivity contribution in [2.24, 2.45) is 5.92 Å². The molecular formula is C16H20N2O3. The third-order valence-corrected chi connectivity index (χ3v) is 4.73. The van der Waals surface area contributed by atoms with E-state index in [2.05, 4.69) is 5.32 Å². The molecule has 0 aliphatic carbocycles. The van der Waals surface area contributed by atoms with Crippen LogP contribution in [-0.2, 0) is 11.2 Å². The molecule has 2 fully saturated rings. The number of nitrogens with zero attached hydrogens (tertiary/aromatic N) is 1. The van der Waals surface area contributed by atoms with Crippen LogP contribution >= 0.6 is 0 Å². The number of para-hydroxylation sites is 1. The quantitative estimate of drug-likeness (QED) is 0.898. The van der Waals surface area contributed by atoms with E-state index >= 15 is 0 Å². The third kappa shape index (κ3) is 2.37. The lowest BCUT2D eigenvalue weighted by atomic mass is 9.89. The van der Waals surface area contributed by atoms with Gasteiger partial charge in [0.05, 0.1) is 5.92 Å². The number of aliphatic carboxylic acids is 1. The summed E-state index contributed by atoms with van der Waals surface area (Å²) in [6.07, 6.45) is 3.14. The second-order valence-electron chi connectivity index (χ2n) is 5.83. The molecular weight excluding hydrogens is 268 g/mol. The maximum absolute atomic E-state index is 12.5. The molecule has 2 bridgehead atoms. The van der Waals surface area contributed by atoms with Gasteiger partial charge < -0.3 is 15.3 Å². The first-order chi connectivity index (χ1) is 10.1. The van der Waals surface area contributed by atoms with Crippen molar-refractivity contribution in [2.75, 3.05) is 5.32 Å². The number of carboxylic acids is 1. The Hall–Kier alpha value is -2.04. The summed E-state index contributed by atoms with van der Waals surface area (Å²) in [4.78, 5) is 25.5. The van der Waals surface area contributed by atoms with Crippen molar-refractivity contribution in [2.45, 2.75) is 44.7 Å². The number of nitrogens with one attached hydrogen (secondary N) is 1. The molecule has 1 aromatic rings. The molecule has 21 heavy (non-hydrogen) atoms. The number of aryl methyl sites for hydroxylation is 1. The fraction of sp³-hybridized carbons (Fsp3) is 0.500. The molecule has 2 aliphatic heterocycles. The van der Waals surface area contributed by atoms with Crippen molar-refractivity contribution in [1.29, 1.82) is 0 Å². The average molecular weight is 288 g/mol. The Balaban J connectivity index is 1.76. The number of carboxylic acid groups (broad SMARTS) is 1. The summed E-state index contributed by atoms with van der Waals surface area (Å²) < 4.78 is 0. The Morgan fingerprint density at radius 2 is 2.10 bits per heavy atom. The molecule has 2 saturated heterocycles. The van der Waals surface area contributed by atoms with Gasteiger partial charge in [-0.1, -0.05) is 25.1 Å². The molecule has 2 N–H and O–H groups in total. The monoisotopic (exact) mass is 288 g/mol. The Morgan fingerprint density at radius 3 is 2.76 bits per heavy atom. The van der Waals surface area contributed by atoms with Crippen molar-refractivity contribution in [3.8, 4) is 0 Å². The standard InChI is InChI=1S/C16H20N2O3/c1-2-10-5-3-4-6-13(10)17-16(21)18-11-7-8-14(18)12(9-11)15(19)20/h3-6,11-12,14H,2,7-9H2,1H3,(H,17,21)(H,19,20). The van der Waals surface area contributed by atoms with E-state index in [-0.39, 0.29) is 18.1 Å². The van der Waals surface area contributed by atoms with Crippen molar-refractivity contribution in [3.05, 3.63) is 29.8 Å². The van der Waals surface area contributed by atoms with Crippen LogP contribution in [0.2, 0.25) is 0 Å². The molecule has 2 aliphatic rings. The predicted octanol–water partition coefficient (Wildman–Crippen LogP) is 2.72. The maximum atomic E-state index is 12.5. The van der Waals surface area contributed by atoms with Gasteiger partial charge >= 0.3 is 12.0 Å². The Labute approximate surface area is 123 Å². The first-order valence-electron chi connectivity index (χ1n) is 7.51. The average Bonchev–Trinajstić information content (AvgIpc) is 3.05. The fourth-order valence-electron chi connectivity index (χ4n) is 3.70. The van der Waals surface area contributed by atoms with Crippen LogP contribution in [0.5, 0.6) is 0 Å². The number of carbonyl (C=O) groups is 2. The Bertz CT molecular complexity index is 572. The molecule has 1 aromatic carbocycles. The lowest BCUT2D eigenvalue weighted by Crippen LogP contribution is -2.40. The van der Waals surface area contributed by atoms with Crippen molar-refractivity contribution in [1.82, 2.24) is 4.90 Å². The summed E-state index contributed by atoms with van der Waals surface area (Å²) in [5.41, 5.74) is 1.91. The molecule has 0 saturated carbocycles. The van der Waals surface area contributed by atoms with Crippen molar-refractivity contribution >= 4 is 17.7 Å². The van der Waals surface area contributed by atoms with Gasteiger partial charge in [0.1, 0.15) is 0 Å². The molecule has 112 valence electrons. The number of hydrogen-bond donors (Lipinski definition) is 2. The van der Waals surface area contributed by atoms with Gasteiger partial charge in [0.25, 0.3) is 0 Å².